The number of aryl methyl sites for hydroxylation is 2. The number of rotatable bonds is 1. The Kier molecular flexibility index (Phi) is 4.62. The van der Waals surface area contributed by atoms with Crippen molar-refractivity contribution in [1.82, 2.24) is 9.88 Å². The molecule has 1 amide bonds. The van der Waals surface area contributed by atoms with E-state index in [1.54, 1.807) is 16.2 Å². The van der Waals surface area contributed by atoms with Gasteiger partial charge >= 0.3 is 6.09 Å². The fourth-order valence-corrected chi connectivity index (χ4v) is 4.06. The smallest absolute Gasteiger partial charge is 0.410 e. The van der Waals surface area contributed by atoms with Gasteiger partial charge < -0.3 is 9.64 Å². The van der Waals surface area contributed by atoms with E-state index in [9.17, 15) is 4.79 Å². The second kappa shape index (κ2) is 6.45. The van der Waals surface area contributed by atoms with E-state index in [-0.39, 0.29) is 12.1 Å². The molecule has 1 aromatic carbocycles. The van der Waals surface area contributed by atoms with Gasteiger partial charge in [0.15, 0.2) is 0 Å². The van der Waals surface area contributed by atoms with Crippen molar-refractivity contribution in [3.63, 3.8) is 0 Å². The quantitative estimate of drug-likeness (QED) is 0.692. The molecule has 0 N–H and O–H groups in total. The zero-order valence-corrected chi connectivity index (χ0v) is 16.7. The Hall–Kier alpha value is -1.88. The Morgan fingerprint density at radius 1 is 1.28 bits per heavy atom. The molecule has 0 saturated heterocycles. The van der Waals surface area contributed by atoms with Crippen molar-refractivity contribution in [2.45, 2.75) is 59.6 Å². The van der Waals surface area contributed by atoms with E-state index in [0.29, 0.717) is 6.54 Å². The number of ether oxygens (including phenoxy) is 1. The summed E-state index contributed by atoms with van der Waals surface area (Å²) in [5.41, 5.74) is 4.38. The molecule has 1 aromatic heterocycles. The van der Waals surface area contributed by atoms with Crippen molar-refractivity contribution in [2.24, 2.45) is 0 Å². The van der Waals surface area contributed by atoms with Crippen molar-refractivity contribution in [3.8, 4) is 0 Å². The summed E-state index contributed by atoms with van der Waals surface area (Å²) in [4.78, 5) is 19.0. The molecule has 0 fully saturated rings. The summed E-state index contributed by atoms with van der Waals surface area (Å²) in [6.45, 7) is 12.6. The third kappa shape index (κ3) is 3.87. The van der Waals surface area contributed by atoms with Crippen molar-refractivity contribution < 1.29 is 9.53 Å². The van der Waals surface area contributed by atoms with E-state index >= 15 is 0 Å². The molecule has 4 nitrogen and oxygen atoms in total. The van der Waals surface area contributed by atoms with Gasteiger partial charge in [0.05, 0.1) is 10.2 Å². The molecule has 25 heavy (non-hydrogen) atoms. The molecule has 5 heteroatoms. The van der Waals surface area contributed by atoms with Gasteiger partial charge in [-0.3, -0.25) is 0 Å². The highest BCUT2D eigenvalue weighted by Crippen LogP contribution is 2.33. The zero-order valence-electron chi connectivity index (χ0n) is 15.8. The second-order valence-corrected chi connectivity index (χ2v) is 8.87. The van der Waals surface area contributed by atoms with Crippen LogP contribution in [0.5, 0.6) is 0 Å². The first-order valence-electron chi connectivity index (χ1n) is 8.71. The Morgan fingerprint density at radius 3 is 2.60 bits per heavy atom. The van der Waals surface area contributed by atoms with Gasteiger partial charge in [-0.1, -0.05) is 6.08 Å². The van der Waals surface area contributed by atoms with Gasteiger partial charge in [0.1, 0.15) is 10.6 Å². The lowest BCUT2D eigenvalue weighted by molar-refractivity contribution is 0.0199. The summed E-state index contributed by atoms with van der Waals surface area (Å²) in [6.07, 6.45) is 2.67. The molecule has 1 unspecified atom stereocenters. The number of carbonyl (C=O) groups is 1. The topological polar surface area (TPSA) is 42.4 Å². The maximum absolute atomic E-state index is 12.3. The number of amides is 1. The van der Waals surface area contributed by atoms with Crippen LogP contribution >= 0.6 is 11.3 Å². The molecule has 3 rings (SSSR count). The third-order valence-electron chi connectivity index (χ3n) is 4.49. The molecule has 1 aliphatic rings. The van der Waals surface area contributed by atoms with E-state index in [1.165, 1.54) is 21.4 Å². The van der Waals surface area contributed by atoms with Crippen LogP contribution < -0.4 is 0 Å². The van der Waals surface area contributed by atoms with Crippen LogP contribution in [0.2, 0.25) is 0 Å². The Labute approximate surface area is 153 Å². The van der Waals surface area contributed by atoms with Crippen LogP contribution in [0.3, 0.4) is 0 Å². The summed E-state index contributed by atoms with van der Waals surface area (Å²) in [5.74, 6) is 0. The molecule has 0 aliphatic carbocycles. The van der Waals surface area contributed by atoms with Crippen LogP contribution in [0, 0.1) is 13.8 Å². The maximum Gasteiger partial charge on any atom is 0.410 e. The van der Waals surface area contributed by atoms with E-state index in [4.69, 9.17) is 9.72 Å². The first-order valence-corrected chi connectivity index (χ1v) is 9.52. The number of thiazole rings is 1. The van der Waals surface area contributed by atoms with Crippen molar-refractivity contribution in [1.29, 1.82) is 0 Å². The Bertz CT molecular complexity index is 806. The van der Waals surface area contributed by atoms with Crippen molar-refractivity contribution in [3.05, 3.63) is 34.3 Å². The predicted octanol–water partition coefficient (Wildman–Crippen LogP) is 5.33. The summed E-state index contributed by atoms with van der Waals surface area (Å²) >= 11 is 1.73. The molecular formula is C20H26N2O2S. The molecule has 0 saturated carbocycles. The molecule has 1 aliphatic heterocycles. The van der Waals surface area contributed by atoms with Gasteiger partial charge in [-0.15, -0.1) is 11.3 Å². The van der Waals surface area contributed by atoms with Crippen LogP contribution in [0.1, 0.15) is 50.3 Å². The lowest BCUT2D eigenvalue weighted by Gasteiger charge is -2.34. The number of benzene rings is 1. The lowest BCUT2D eigenvalue weighted by Crippen LogP contribution is -2.44. The highest BCUT2D eigenvalue weighted by atomic mass is 32.1. The first-order chi connectivity index (χ1) is 11.6. The Morgan fingerprint density at radius 2 is 1.96 bits per heavy atom. The first kappa shape index (κ1) is 17.9. The molecule has 1 atom stereocenters. The monoisotopic (exact) mass is 358 g/mol. The van der Waals surface area contributed by atoms with E-state index in [0.717, 1.165) is 16.9 Å². The van der Waals surface area contributed by atoms with E-state index < -0.39 is 5.60 Å². The standard InChI is InChI=1S/C20H26N2O2S/c1-12-9-16-17(10-13(12)2)25-18(21-16)15-7-8-22(14(3)11-15)19(23)24-20(4,5)6/h7,9-10,14H,8,11H2,1-6H3. The van der Waals surface area contributed by atoms with Crippen LogP contribution in [-0.4, -0.2) is 34.2 Å². The second-order valence-electron chi connectivity index (χ2n) is 7.84. The SMILES string of the molecule is Cc1cc2nc(C3=CCN(C(=O)OC(C)(C)C)C(C)C3)sc2cc1C. The fourth-order valence-electron chi connectivity index (χ4n) is 2.97. The number of fused-ring (bicyclic) bond motifs is 1. The summed E-state index contributed by atoms with van der Waals surface area (Å²) in [7, 11) is 0. The zero-order chi connectivity index (χ0) is 18.4. The molecular weight excluding hydrogens is 332 g/mol. The van der Waals surface area contributed by atoms with Gasteiger partial charge in [0.2, 0.25) is 0 Å². The normalized spacial score (nSPS) is 18.4. The molecule has 0 bridgehead atoms. The Balaban J connectivity index is 1.82. The lowest BCUT2D eigenvalue weighted by atomic mass is 10.0. The van der Waals surface area contributed by atoms with Gasteiger partial charge in [-0.2, -0.15) is 0 Å². The van der Waals surface area contributed by atoms with Crippen molar-refractivity contribution in [2.75, 3.05) is 6.54 Å². The van der Waals surface area contributed by atoms with E-state index in [1.807, 2.05) is 20.8 Å². The summed E-state index contributed by atoms with van der Waals surface area (Å²) in [5, 5.41) is 1.07. The number of aromatic nitrogens is 1. The molecule has 2 aromatic rings. The number of carbonyl (C=O) groups excluding carboxylic acids is 1. The van der Waals surface area contributed by atoms with Gasteiger partial charge in [-0.25, -0.2) is 9.78 Å². The fraction of sp³-hybridized carbons (Fsp3) is 0.500. The summed E-state index contributed by atoms with van der Waals surface area (Å²) < 4.78 is 6.73. The highest BCUT2D eigenvalue weighted by Gasteiger charge is 2.29. The van der Waals surface area contributed by atoms with Gasteiger partial charge in [-0.05, 0) is 76.8 Å². The molecule has 134 valence electrons. The largest absolute Gasteiger partial charge is 0.444 e. The average Bonchev–Trinajstić information content (AvgIpc) is 2.88. The van der Waals surface area contributed by atoms with Crippen molar-refractivity contribution >= 4 is 33.2 Å². The van der Waals surface area contributed by atoms with Gasteiger partial charge in [0, 0.05) is 12.6 Å². The predicted molar refractivity (Wildman–Crippen MR) is 104 cm³/mol. The number of nitrogens with zero attached hydrogens (tertiary/aromatic N) is 2. The number of hydrogen-bond acceptors (Lipinski definition) is 4. The maximum atomic E-state index is 12.3. The average molecular weight is 359 g/mol. The van der Waals surface area contributed by atoms with Crippen LogP contribution in [0.4, 0.5) is 4.79 Å². The van der Waals surface area contributed by atoms with Crippen LogP contribution in [0.25, 0.3) is 15.8 Å². The minimum Gasteiger partial charge on any atom is -0.444 e. The van der Waals surface area contributed by atoms with E-state index in [2.05, 4.69) is 39.0 Å². The van der Waals surface area contributed by atoms with Crippen LogP contribution in [-0.2, 0) is 4.74 Å². The minimum atomic E-state index is -0.469. The molecule has 2 heterocycles. The van der Waals surface area contributed by atoms with Crippen LogP contribution in [0.15, 0.2) is 18.2 Å². The highest BCUT2D eigenvalue weighted by molar-refractivity contribution is 7.19. The molecule has 0 radical (unpaired) electrons. The molecule has 0 spiro atoms. The minimum absolute atomic E-state index is 0.102. The third-order valence-corrected chi connectivity index (χ3v) is 5.58. The number of hydrogen-bond donors (Lipinski definition) is 0. The van der Waals surface area contributed by atoms with Gasteiger partial charge in [0.25, 0.3) is 0 Å². The summed E-state index contributed by atoms with van der Waals surface area (Å²) in [6, 6.07) is 4.47.